The number of hydrogen-bond acceptors (Lipinski definition) is 3. The molecule has 6 heteroatoms. The molecule has 0 aliphatic rings. The maximum atomic E-state index is 13.3. The quantitative estimate of drug-likeness (QED) is 0.725. The lowest BCUT2D eigenvalue weighted by Crippen LogP contribution is -2.07. The molecule has 0 aliphatic carbocycles. The van der Waals surface area contributed by atoms with Crippen molar-refractivity contribution in [2.75, 3.05) is 12.4 Å². The van der Waals surface area contributed by atoms with Crippen molar-refractivity contribution >= 4 is 40.0 Å². The van der Waals surface area contributed by atoms with Crippen LogP contribution in [0.3, 0.4) is 0 Å². The lowest BCUT2D eigenvalue weighted by atomic mass is 10.1. The molecule has 21 heavy (non-hydrogen) atoms. The zero-order chi connectivity index (χ0) is 15.6. The zero-order valence-electron chi connectivity index (χ0n) is 12.0. The smallest absolute Gasteiger partial charge is 0.161 e. The van der Waals surface area contributed by atoms with E-state index >= 15 is 0 Å². The second kappa shape index (κ2) is 6.87. The van der Waals surface area contributed by atoms with Crippen LogP contribution in [0.5, 0.6) is 0 Å². The van der Waals surface area contributed by atoms with Crippen LogP contribution in [0.4, 0.5) is 10.2 Å². The van der Waals surface area contributed by atoms with Gasteiger partial charge in [-0.3, -0.25) is 0 Å². The van der Waals surface area contributed by atoms with Crippen LogP contribution in [0, 0.1) is 15.3 Å². The van der Waals surface area contributed by atoms with E-state index in [-0.39, 0.29) is 5.02 Å². The summed E-state index contributed by atoms with van der Waals surface area (Å²) in [5.74, 6) is 1.37. The normalized spacial score (nSPS) is 11.0. The molecule has 0 bridgehead atoms. The lowest BCUT2D eigenvalue weighted by molar-refractivity contribution is 0.628. The summed E-state index contributed by atoms with van der Waals surface area (Å²) in [4.78, 5) is 9.11. The first-order valence-electron chi connectivity index (χ1n) is 6.62. The summed E-state index contributed by atoms with van der Waals surface area (Å²) in [5, 5.41) is 3.15. The van der Waals surface area contributed by atoms with Crippen LogP contribution in [-0.2, 0) is 6.42 Å². The standard InChI is InChI=1S/C15H16ClFIN3/c1-8(2)6-12-13(18)15(19-3)21-14(20-12)9-4-5-11(17)10(16)7-9/h4-5,7-8H,6H2,1-3H3,(H,19,20,21). The van der Waals surface area contributed by atoms with Gasteiger partial charge < -0.3 is 5.32 Å². The molecule has 0 saturated carbocycles. The molecule has 0 spiro atoms. The maximum absolute atomic E-state index is 13.3. The third-order valence-electron chi connectivity index (χ3n) is 2.94. The Bertz CT molecular complexity index is 662. The highest BCUT2D eigenvalue weighted by Gasteiger charge is 2.14. The predicted molar refractivity (Wildman–Crippen MR) is 93.2 cm³/mol. The van der Waals surface area contributed by atoms with E-state index in [0.717, 1.165) is 21.5 Å². The Morgan fingerprint density at radius 1 is 1.33 bits per heavy atom. The number of rotatable bonds is 4. The molecular weight excluding hydrogens is 404 g/mol. The maximum Gasteiger partial charge on any atom is 0.161 e. The summed E-state index contributed by atoms with van der Waals surface area (Å²) >= 11 is 8.09. The molecule has 1 aromatic heterocycles. The van der Waals surface area contributed by atoms with Crippen molar-refractivity contribution in [3.8, 4) is 11.4 Å². The van der Waals surface area contributed by atoms with Gasteiger partial charge in [-0.15, -0.1) is 0 Å². The van der Waals surface area contributed by atoms with Crippen molar-refractivity contribution in [3.63, 3.8) is 0 Å². The molecule has 1 heterocycles. The number of aromatic nitrogens is 2. The van der Waals surface area contributed by atoms with Gasteiger partial charge in [-0.2, -0.15) is 0 Å². The van der Waals surface area contributed by atoms with Crippen LogP contribution < -0.4 is 5.32 Å². The second-order valence-corrected chi connectivity index (χ2v) is 6.62. The molecular formula is C15H16ClFIN3. The molecule has 2 rings (SSSR count). The Balaban J connectivity index is 2.54. The SMILES string of the molecule is CNc1nc(-c2ccc(F)c(Cl)c2)nc(CC(C)C)c1I. The third-order valence-corrected chi connectivity index (χ3v) is 4.36. The van der Waals surface area contributed by atoms with E-state index in [1.807, 2.05) is 7.05 Å². The number of anilines is 1. The van der Waals surface area contributed by atoms with Gasteiger partial charge in [0.2, 0.25) is 0 Å². The van der Waals surface area contributed by atoms with Crippen LogP contribution >= 0.6 is 34.2 Å². The van der Waals surface area contributed by atoms with Crippen molar-refractivity contribution in [2.45, 2.75) is 20.3 Å². The van der Waals surface area contributed by atoms with Gasteiger partial charge in [0.05, 0.1) is 14.3 Å². The van der Waals surface area contributed by atoms with Gasteiger partial charge in [0.15, 0.2) is 5.82 Å². The van der Waals surface area contributed by atoms with E-state index < -0.39 is 5.82 Å². The molecule has 0 atom stereocenters. The molecule has 0 fully saturated rings. The van der Waals surface area contributed by atoms with Gasteiger partial charge in [0.1, 0.15) is 11.6 Å². The minimum atomic E-state index is -0.442. The Morgan fingerprint density at radius 2 is 2.05 bits per heavy atom. The monoisotopic (exact) mass is 419 g/mol. The summed E-state index contributed by atoms with van der Waals surface area (Å²) in [6.07, 6.45) is 0.859. The summed E-state index contributed by atoms with van der Waals surface area (Å²) in [5.41, 5.74) is 1.69. The molecule has 0 unspecified atom stereocenters. The Kier molecular flexibility index (Phi) is 5.37. The summed E-state index contributed by atoms with van der Waals surface area (Å²) in [7, 11) is 1.82. The van der Waals surface area contributed by atoms with E-state index in [1.165, 1.54) is 6.07 Å². The fourth-order valence-electron chi connectivity index (χ4n) is 1.95. The summed E-state index contributed by atoms with van der Waals surface area (Å²) < 4.78 is 14.3. The van der Waals surface area contributed by atoms with E-state index in [4.69, 9.17) is 11.6 Å². The molecule has 112 valence electrons. The van der Waals surface area contributed by atoms with Crippen LogP contribution in [0.1, 0.15) is 19.5 Å². The highest BCUT2D eigenvalue weighted by Crippen LogP contribution is 2.27. The van der Waals surface area contributed by atoms with E-state index in [1.54, 1.807) is 12.1 Å². The van der Waals surface area contributed by atoms with Crippen molar-refractivity contribution in [1.29, 1.82) is 0 Å². The van der Waals surface area contributed by atoms with Crippen molar-refractivity contribution in [1.82, 2.24) is 9.97 Å². The average molecular weight is 420 g/mol. The van der Waals surface area contributed by atoms with Crippen molar-refractivity contribution in [2.24, 2.45) is 5.92 Å². The lowest BCUT2D eigenvalue weighted by Gasteiger charge is -2.13. The first-order chi connectivity index (χ1) is 9.92. The first-order valence-corrected chi connectivity index (χ1v) is 8.07. The van der Waals surface area contributed by atoms with Gasteiger partial charge >= 0.3 is 0 Å². The number of nitrogens with one attached hydrogen (secondary N) is 1. The fraction of sp³-hybridized carbons (Fsp3) is 0.333. The number of nitrogens with zero attached hydrogens (tertiary/aromatic N) is 2. The molecule has 0 aliphatic heterocycles. The molecule has 0 amide bonds. The van der Waals surface area contributed by atoms with E-state index in [0.29, 0.717) is 17.3 Å². The van der Waals surface area contributed by atoms with Crippen LogP contribution in [0.2, 0.25) is 5.02 Å². The van der Waals surface area contributed by atoms with E-state index in [2.05, 4.69) is 51.7 Å². The molecule has 1 aromatic carbocycles. The number of benzene rings is 1. The highest BCUT2D eigenvalue weighted by molar-refractivity contribution is 14.1. The van der Waals surface area contributed by atoms with Crippen molar-refractivity contribution < 1.29 is 4.39 Å². The Labute approximate surface area is 142 Å². The first kappa shape index (κ1) is 16.4. The Hall–Kier alpha value is -0.950. The number of hydrogen-bond donors (Lipinski definition) is 1. The van der Waals surface area contributed by atoms with Gasteiger partial charge in [-0.25, -0.2) is 14.4 Å². The molecule has 1 N–H and O–H groups in total. The van der Waals surface area contributed by atoms with Crippen LogP contribution in [0.15, 0.2) is 18.2 Å². The zero-order valence-corrected chi connectivity index (χ0v) is 15.0. The second-order valence-electron chi connectivity index (χ2n) is 5.13. The Morgan fingerprint density at radius 3 is 2.62 bits per heavy atom. The van der Waals surface area contributed by atoms with E-state index in [9.17, 15) is 4.39 Å². The molecule has 0 saturated heterocycles. The van der Waals surface area contributed by atoms with Gasteiger partial charge in [-0.05, 0) is 53.1 Å². The van der Waals surface area contributed by atoms with Crippen molar-refractivity contribution in [3.05, 3.63) is 38.3 Å². The minimum absolute atomic E-state index is 0.0751. The average Bonchev–Trinajstić information content (AvgIpc) is 2.43. The topological polar surface area (TPSA) is 37.8 Å². The predicted octanol–water partition coefficient (Wildman–Crippen LogP) is 4.78. The van der Waals surface area contributed by atoms with Crippen LogP contribution in [-0.4, -0.2) is 17.0 Å². The highest BCUT2D eigenvalue weighted by atomic mass is 127. The van der Waals surface area contributed by atoms with Gasteiger partial charge in [0, 0.05) is 12.6 Å². The molecule has 2 aromatic rings. The third kappa shape index (κ3) is 3.83. The summed E-state index contributed by atoms with van der Waals surface area (Å²) in [6.45, 7) is 4.29. The fourth-order valence-corrected chi connectivity index (χ4v) is 2.86. The van der Waals surface area contributed by atoms with Gasteiger partial charge in [-0.1, -0.05) is 25.4 Å². The number of halogens is 3. The molecule has 0 radical (unpaired) electrons. The summed E-state index contributed by atoms with van der Waals surface area (Å²) in [6, 6.07) is 4.53. The minimum Gasteiger partial charge on any atom is -0.372 e. The largest absolute Gasteiger partial charge is 0.372 e. The molecule has 3 nitrogen and oxygen atoms in total. The van der Waals surface area contributed by atoms with Gasteiger partial charge in [0.25, 0.3) is 0 Å². The van der Waals surface area contributed by atoms with Crippen LogP contribution in [0.25, 0.3) is 11.4 Å².